The molecule has 1 unspecified atom stereocenters. The molecule has 19 heavy (non-hydrogen) atoms. The molecule has 0 saturated carbocycles. The van der Waals surface area contributed by atoms with Gasteiger partial charge in [-0.3, -0.25) is 0 Å². The Hall–Kier alpha value is -1.88. The maximum atomic E-state index is 5.21. The van der Waals surface area contributed by atoms with Crippen LogP contribution < -0.4 is 5.32 Å². The molecule has 0 aliphatic heterocycles. The number of ether oxygens (including phenoxy) is 1. The average Bonchev–Trinajstić information content (AvgIpc) is 2.92. The standard InChI is InChI=1S/C14H19N3O2/c1-10(8-18-3)7-15-13-6-12(5-4-11(13)2)14-17-16-9-19-14/h4-6,9-10,15H,7-8H2,1-3H3. The molecule has 0 fully saturated rings. The summed E-state index contributed by atoms with van der Waals surface area (Å²) in [6.07, 6.45) is 1.34. The molecule has 1 heterocycles. The molecule has 0 saturated heterocycles. The van der Waals surface area contributed by atoms with E-state index in [4.69, 9.17) is 9.15 Å². The van der Waals surface area contributed by atoms with E-state index >= 15 is 0 Å². The Kier molecular flexibility index (Phi) is 4.52. The van der Waals surface area contributed by atoms with E-state index in [2.05, 4.69) is 29.4 Å². The van der Waals surface area contributed by atoms with Gasteiger partial charge in [0.1, 0.15) is 0 Å². The van der Waals surface area contributed by atoms with Crippen molar-refractivity contribution in [2.75, 3.05) is 25.6 Å². The van der Waals surface area contributed by atoms with Gasteiger partial charge in [0.15, 0.2) is 0 Å². The van der Waals surface area contributed by atoms with Crippen LogP contribution in [0.1, 0.15) is 12.5 Å². The lowest BCUT2D eigenvalue weighted by Crippen LogP contribution is -2.16. The summed E-state index contributed by atoms with van der Waals surface area (Å²) in [6.45, 7) is 5.83. The zero-order valence-electron chi connectivity index (χ0n) is 11.5. The third-order valence-corrected chi connectivity index (χ3v) is 2.94. The summed E-state index contributed by atoms with van der Waals surface area (Å²) >= 11 is 0. The van der Waals surface area contributed by atoms with E-state index in [0.29, 0.717) is 11.8 Å². The van der Waals surface area contributed by atoms with Crippen molar-refractivity contribution in [1.82, 2.24) is 10.2 Å². The van der Waals surface area contributed by atoms with Gasteiger partial charge in [0.05, 0.1) is 6.61 Å². The summed E-state index contributed by atoms with van der Waals surface area (Å²) in [5, 5.41) is 11.0. The van der Waals surface area contributed by atoms with Gasteiger partial charge in [-0.1, -0.05) is 13.0 Å². The number of methoxy groups -OCH3 is 1. The van der Waals surface area contributed by atoms with E-state index in [1.165, 1.54) is 12.0 Å². The first kappa shape index (κ1) is 13.5. The molecular weight excluding hydrogens is 242 g/mol. The van der Waals surface area contributed by atoms with Gasteiger partial charge in [-0.15, -0.1) is 10.2 Å². The SMILES string of the molecule is COCC(C)CNc1cc(-c2nnco2)ccc1C. The number of benzene rings is 1. The smallest absolute Gasteiger partial charge is 0.247 e. The zero-order valence-corrected chi connectivity index (χ0v) is 11.5. The van der Waals surface area contributed by atoms with Crippen LogP contribution in [0.25, 0.3) is 11.5 Å². The van der Waals surface area contributed by atoms with Crippen molar-refractivity contribution in [3.05, 3.63) is 30.2 Å². The molecule has 0 radical (unpaired) electrons. The number of aryl methyl sites for hydroxylation is 1. The van der Waals surface area contributed by atoms with Crippen molar-refractivity contribution in [3.63, 3.8) is 0 Å². The molecule has 2 rings (SSSR count). The van der Waals surface area contributed by atoms with Crippen molar-refractivity contribution in [1.29, 1.82) is 0 Å². The third-order valence-electron chi connectivity index (χ3n) is 2.94. The van der Waals surface area contributed by atoms with Gasteiger partial charge < -0.3 is 14.5 Å². The lowest BCUT2D eigenvalue weighted by molar-refractivity contribution is 0.164. The van der Waals surface area contributed by atoms with Crippen molar-refractivity contribution in [3.8, 4) is 11.5 Å². The van der Waals surface area contributed by atoms with E-state index < -0.39 is 0 Å². The highest BCUT2D eigenvalue weighted by atomic mass is 16.5. The first-order valence-corrected chi connectivity index (χ1v) is 6.30. The lowest BCUT2D eigenvalue weighted by atomic mass is 10.1. The number of rotatable bonds is 6. The summed E-state index contributed by atoms with van der Waals surface area (Å²) in [5.74, 6) is 0.990. The van der Waals surface area contributed by atoms with Gasteiger partial charge in [0, 0.05) is 24.9 Å². The van der Waals surface area contributed by atoms with E-state index in [9.17, 15) is 0 Å². The Bertz CT molecular complexity index is 511. The number of hydrogen-bond donors (Lipinski definition) is 1. The Morgan fingerprint density at radius 1 is 1.42 bits per heavy atom. The molecule has 1 N–H and O–H groups in total. The molecule has 102 valence electrons. The van der Waals surface area contributed by atoms with E-state index in [-0.39, 0.29) is 0 Å². The number of nitrogens with one attached hydrogen (secondary N) is 1. The fourth-order valence-corrected chi connectivity index (χ4v) is 1.87. The van der Waals surface area contributed by atoms with Crippen LogP contribution in [0, 0.1) is 12.8 Å². The monoisotopic (exact) mass is 261 g/mol. The normalized spacial score (nSPS) is 12.4. The highest BCUT2D eigenvalue weighted by molar-refractivity contribution is 5.64. The first-order valence-electron chi connectivity index (χ1n) is 6.30. The van der Waals surface area contributed by atoms with Gasteiger partial charge in [-0.25, -0.2) is 0 Å². The Labute approximate surface area is 113 Å². The van der Waals surface area contributed by atoms with Crippen LogP contribution in [0.3, 0.4) is 0 Å². The van der Waals surface area contributed by atoms with Crippen molar-refractivity contribution in [2.24, 2.45) is 5.92 Å². The van der Waals surface area contributed by atoms with Crippen molar-refractivity contribution in [2.45, 2.75) is 13.8 Å². The fourth-order valence-electron chi connectivity index (χ4n) is 1.87. The van der Waals surface area contributed by atoms with Crippen LogP contribution in [-0.2, 0) is 4.74 Å². The predicted molar refractivity (Wildman–Crippen MR) is 74.0 cm³/mol. The highest BCUT2D eigenvalue weighted by Crippen LogP contribution is 2.23. The molecule has 5 nitrogen and oxygen atoms in total. The molecule has 5 heteroatoms. The third kappa shape index (κ3) is 3.54. The first-order chi connectivity index (χ1) is 9.20. The van der Waals surface area contributed by atoms with Crippen LogP contribution in [0.4, 0.5) is 5.69 Å². The second-order valence-corrected chi connectivity index (χ2v) is 4.71. The summed E-state index contributed by atoms with van der Waals surface area (Å²) < 4.78 is 10.3. The minimum absolute atomic E-state index is 0.455. The van der Waals surface area contributed by atoms with Crippen molar-refractivity contribution >= 4 is 5.69 Å². The molecular formula is C14H19N3O2. The second-order valence-electron chi connectivity index (χ2n) is 4.71. The average molecular weight is 261 g/mol. The molecule has 1 aromatic heterocycles. The topological polar surface area (TPSA) is 60.2 Å². The molecule has 0 spiro atoms. The molecule has 0 bridgehead atoms. The number of anilines is 1. The van der Waals surface area contributed by atoms with Crippen LogP contribution >= 0.6 is 0 Å². The number of aromatic nitrogens is 2. The van der Waals surface area contributed by atoms with Crippen LogP contribution in [-0.4, -0.2) is 30.5 Å². The molecule has 0 amide bonds. The fraction of sp³-hybridized carbons (Fsp3) is 0.429. The van der Waals surface area contributed by atoms with Gasteiger partial charge in [0.25, 0.3) is 0 Å². The van der Waals surface area contributed by atoms with Gasteiger partial charge >= 0.3 is 0 Å². The summed E-state index contributed by atoms with van der Waals surface area (Å²) in [6, 6.07) is 6.05. The Morgan fingerprint density at radius 3 is 2.95 bits per heavy atom. The maximum absolute atomic E-state index is 5.21. The summed E-state index contributed by atoms with van der Waals surface area (Å²) in [4.78, 5) is 0. The van der Waals surface area contributed by atoms with Crippen molar-refractivity contribution < 1.29 is 9.15 Å². The zero-order chi connectivity index (χ0) is 13.7. The summed E-state index contributed by atoms with van der Waals surface area (Å²) in [7, 11) is 1.72. The minimum Gasteiger partial charge on any atom is -0.423 e. The largest absolute Gasteiger partial charge is 0.423 e. The van der Waals surface area contributed by atoms with Gasteiger partial charge in [-0.05, 0) is 30.5 Å². The van der Waals surface area contributed by atoms with Gasteiger partial charge in [0.2, 0.25) is 12.3 Å². The molecule has 1 aromatic carbocycles. The highest BCUT2D eigenvalue weighted by Gasteiger charge is 2.08. The molecule has 2 aromatic rings. The van der Waals surface area contributed by atoms with Crippen LogP contribution in [0.5, 0.6) is 0 Å². The second kappa shape index (κ2) is 6.33. The summed E-state index contributed by atoms with van der Waals surface area (Å²) in [5.41, 5.74) is 3.19. The lowest BCUT2D eigenvalue weighted by Gasteiger charge is -2.14. The minimum atomic E-state index is 0.455. The quantitative estimate of drug-likeness (QED) is 0.866. The van der Waals surface area contributed by atoms with E-state index in [1.54, 1.807) is 7.11 Å². The number of nitrogens with zero attached hydrogens (tertiary/aromatic N) is 2. The van der Waals surface area contributed by atoms with Gasteiger partial charge in [-0.2, -0.15) is 0 Å². The Morgan fingerprint density at radius 2 is 2.26 bits per heavy atom. The van der Waals surface area contributed by atoms with Crippen LogP contribution in [0.15, 0.2) is 29.0 Å². The molecule has 1 atom stereocenters. The van der Waals surface area contributed by atoms with E-state index in [1.807, 2.05) is 18.2 Å². The molecule has 0 aliphatic rings. The Balaban J connectivity index is 2.09. The van der Waals surface area contributed by atoms with E-state index in [0.717, 1.165) is 24.4 Å². The van der Waals surface area contributed by atoms with Crippen LogP contribution in [0.2, 0.25) is 0 Å². The molecule has 0 aliphatic carbocycles. The number of hydrogen-bond acceptors (Lipinski definition) is 5. The maximum Gasteiger partial charge on any atom is 0.247 e. The predicted octanol–water partition coefficient (Wildman–Crippen LogP) is 2.74.